The summed E-state index contributed by atoms with van der Waals surface area (Å²) in [7, 11) is -5.17. The van der Waals surface area contributed by atoms with Crippen molar-refractivity contribution in [2.75, 3.05) is 0 Å². The van der Waals surface area contributed by atoms with Crippen LogP contribution in [0.3, 0.4) is 0 Å². The molecule has 0 fully saturated rings. The minimum absolute atomic E-state index is 0. The molecule has 0 saturated heterocycles. The Labute approximate surface area is 60.8 Å². The first kappa shape index (κ1) is 15.7. The summed E-state index contributed by atoms with van der Waals surface area (Å²) in [4.78, 5) is 0. The van der Waals surface area contributed by atoms with Crippen LogP contribution < -0.4 is 0 Å². The van der Waals surface area contributed by atoms with Crippen LogP contribution in [0, 0.1) is 0 Å². The van der Waals surface area contributed by atoms with Gasteiger partial charge in [0.25, 0.3) is 0 Å². The van der Waals surface area contributed by atoms with E-state index < -0.39 is 10.4 Å². The maximum absolute atomic E-state index is 8.52. The van der Waals surface area contributed by atoms with Gasteiger partial charge in [-0.2, -0.15) is 0 Å². The normalized spacial score (nSPS) is 8.29. The molecule has 0 heterocycles. The van der Waals surface area contributed by atoms with Crippen molar-refractivity contribution < 1.29 is 50.3 Å². The van der Waals surface area contributed by atoms with Gasteiger partial charge in [0.15, 0.2) is 0 Å². The van der Waals surface area contributed by atoms with Gasteiger partial charge in [-0.25, -0.2) is 0 Å². The smallest absolute Gasteiger partial charge is 0.0311 e. The fourth-order valence-corrected chi connectivity index (χ4v) is 0. The molecule has 0 aromatic rings. The molecule has 0 amide bonds. The summed E-state index contributed by atoms with van der Waals surface area (Å²) in [5.74, 6) is 0. The van der Waals surface area contributed by atoms with Gasteiger partial charge in [-0.05, 0) is 0 Å². The standard InChI is InChI=1S/Cd.H2O4S.H2O/c;1-5(2,3)4;/h;(H2,1,2,3,4);1H2/p-3. The molecule has 0 unspecified atom stereocenters. The first-order valence-electron chi connectivity index (χ1n) is 0.667. The zero-order valence-corrected chi connectivity index (χ0v) is 8.05. The minimum Gasteiger partial charge on any atom is -0.870 e. The number of hydrogen-bond acceptors (Lipinski definition) is 5. The van der Waals surface area contributed by atoms with E-state index in [-0.39, 0.29) is 32.8 Å². The Morgan fingerprint density at radius 1 is 1.14 bits per heavy atom. The van der Waals surface area contributed by atoms with Crippen LogP contribution in [0.25, 0.3) is 0 Å². The molecular weight excluding hydrogens is 224 g/mol. The number of hydrogen-bond donors (Lipinski definition) is 0. The molecule has 0 saturated carbocycles. The van der Waals surface area contributed by atoms with Crippen LogP contribution in [-0.2, 0) is 37.7 Å². The predicted octanol–water partition coefficient (Wildman–Crippen LogP) is -1.52. The van der Waals surface area contributed by atoms with Crippen LogP contribution in [0.4, 0.5) is 0 Å². The third-order valence-corrected chi connectivity index (χ3v) is 0. The second-order valence-corrected chi connectivity index (χ2v) is 1.22. The molecule has 42 valence electrons. The molecular formula is HCdO5S-3. The quantitative estimate of drug-likeness (QED) is 0.282. The summed E-state index contributed by atoms with van der Waals surface area (Å²) in [6.07, 6.45) is 0. The van der Waals surface area contributed by atoms with Crippen molar-refractivity contribution in [2.24, 2.45) is 0 Å². The van der Waals surface area contributed by atoms with Crippen molar-refractivity contribution in [3.05, 3.63) is 0 Å². The molecule has 0 atom stereocenters. The Morgan fingerprint density at radius 3 is 1.14 bits per heavy atom. The fraction of sp³-hybridized carbons (Fsp3) is 0. The monoisotopic (exact) mass is 227 g/mol. The van der Waals surface area contributed by atoms with E-state index in [9.17, 15) is 0 Å². The van der Waals surface area contributed by atoms with E-state index >= 15 is 0 Å². The van der Waals surface area contributed by atoms with Crippen LogP contribution in [0.5, 0.6) is 0 Å². The van der Waals surface area contributed by atoms with Crippen LogP contribution >= 0.6 is 0 Å². The molecule has 0 aromatic heterocycles. The summed E-state index contributed by atoms with van der Waals surface area (Å²) >= 11 is 0. The van der Waals surface area contributed by atoms with Crippen LogP contribution in [0.1, 0.15) is 0 Å². The van der Waals surface area contributed by atoms with Gasteiger partial charge in [-0.15, -0.1) is 0 Å². The van der Waals surface area contributed by atoms with E-state index in [1.165, 1.54) is 0 Å². The molecule has 5 nitrogen and oxygen atoms in total. The van der Waals surface area contributed by atoms with Crippen LogP contribution in [-0.4, -0.2) is 23.0 Å². The van der Waals surface area contributed by atoms with Crippen molar-refractivity contribution >= 4 is 10.4 Å². The molecule has 0 spiro atoms. The van der Waals surface area contributed by atoms with E-state index in [1.807, 2.05) is 0 Å². The molecule has 0 bridgehead atoms. The third kappa shape index (κ3) is 270. The van der Waals surface area contributed by atoms with Gasteiger partial charge in [0.1, 0.15) is 0 Å². The Balaban J connectivity index is -0.0000000800. The van der Waals surface area contributed by atoms with Crippen molar-refractivity contribution in [2.45, 2.75) is 0 Å². The molecule has 0 aliphatic heterocycles. The van der Waals surface area contributed by atoms with E-state index in [0.29, 0.717) is 0 Å². The zero-order valence-electron chi connectivity index (χ0n) is 3.20. The van der Waals surface area contributed by atoms with E-state index in [4.69, 9.17) is 17.5 Å². The third-order valence-electron chi connectivity index (χ3n) is 0. The van der Waals surface area contributed by atoms with Crippen LogP contribution in [0.15, 0.2) is 0 Å². The molecule has 7 heteroatoms. The SMILES string of the molecule is O=S(=O)([O-])[O-].[Cd].[OH-]. The Morgan fingerprint density at radius 2 is 1.14 bits per heavy atom. The summed E-state index contributed by atoms with van der Waals surface area (Å²) in [6.45, 7) is 0. The second kappa shape index (κ2) is 4.90. The average molecular weight is 225 g/mol. The second-order valence-electron chi connectivity index (χ2n) is 0.408. The molecule has 0 aliphatic carbocycles. The molecule has 0 aliphatic rings. The Bertz CT molecular complexity index is 91.2. The van der Waals surface area contributed by atoms with Gasteiger partial charge in [-0.1, -0.05) is 0 Å². The van der Waals surface area contributed by atoms with Gasteiger partial charge >= 0.3 is 0 Å². The first-order chi connectivity index (χ1) is 2.00. The first-order valence-corrected chi connectivity index (χ1v) is 2.00. The summed E-state index contributed by atoms with van der Waals surface area (Å²) in [6, 6.07) is 0. The Kier molecular flexibility index (Phi) is 11.0. The molecule has 0 radical (unpaired) electrons. The van der Waals surface area contributed by atoms with E-state index in [0.717, 1.165) is 0 Å². The predicted molar refractivity (Wildman–Crippen MR) is 12.4 cm³/mol. The zero-order chi connectivity index (χ0) is 4.50. The molecule has 0 rings (SSSR count). The Hall–Kier alpha value is 0.752. The molecule has 0 aromatic carbocycles. The summed E-state index contributed by atoms with van der Waals surface area (Å²) in [5.41, 5.74) is 0. The minimum atomic E-state index is -5.17. The molecule has 7 heavy (non-hydrogen) atoms. The van der Waals surface area contributed by atoms with E-state index in [1.54, 1.807) is 0 Å². The fourth-order valence-electron chi connectivity index (χ4n) is 0. The van der Waals surface area contributed by atoms with Crippen molar-refractivity contribution in [1.29, 1.82) is 0 Å². The van der Waals surface area contributed by atoms with Gasteiger partial charge < -0.3 is 14.6 Å². The molecule has 1 N–H and O–H groups in total. The van der Waals surface area contributed by atoms with Gasteiger partial charge in [0.2, 0.25) is 0 Å². The average Bonchev–Trinajstić information content (AvgIpc) is 0.722. The van der Waals surface area contributed by atoms with Gasteiger partial charge in [-0.3, -0.25) is 8.42 Å². The van der Waals surface area contributed by atoms with E-state index in [2.05, 4.69) is 0 Å². The summed E-state index contributed by atoms with van der Waals surface area (Å²) in [5, 5.41) is 0. The van der Waals surface area contributed by atoms with Crippen LogP contribution in [0.2, 0.25) is 0 Å². The maximum Gasteiger partial charge on any atom is 0.0311 e. The largest absolute Gasteiger partial charge is 0.870 e. The van der Waals surface area contributed by atoms with Crippen molar-refractivity contribution in [1.82, 2.24) is 0 Å². The van der Waals surface area contributed by atoms with Gasteiger partial charge in [0.05, 0.1) is 0 Å². The topological polar surface area (TPSA) is 110 Å². The maximum atomic E-state index is 8.52. The van der Waals surface area contributed by atoms with Gasteiger partial charge in [0, 0.05) is 37.7 Å². The van der Waals surface area contributed by atoms with Crippen molar-refractivity contribution in [3.63, 3.8) is 0 Å². The number of rotatable bonds is 0. The summed E-state index contributed by atoms with van der Waals surface area (Å²) < 4.78 is 34.1. The van der Waals surface area contributed by atoms with Crippen molar-refractivity contribution in [3.8, 4) is 0 Å².